The molecule has 0 atom stereocenters. The molecule has 2 nitrogen and oxygen atoms in total. The highest BCUT2D eigenvalue weighted by Gasteiger charge is 2.19. The van der Waals surface area contributed by atoms with Crippen molar-refractivity contribution in [2.75, 3.05) is 0 Å². The van der Waals surface area contributed by atoms with Crippen molar-refractivity contribution in [3.63, 3.8) is 0 Å². The molecule has 48 heavy (non-hydrogen) atoms. The van der Waals surface area contributed by atoms with Crippen LogP contribution in [0.25, 0.3) is 96.1 Å². The van der Waals surface area contributed by atoms with E-state index >= 15 is 0 Å². The van der Waals surface area contributed by atoms with Gasteiger partial charge >= 0.3 is 0 Å². The van der Waals surface area contributed by atoms with E-state index in [0.29, 0.717) is 0 Å². The number of nitrogens with zero attached hydrogens (tertiary/aromatic N) is 2. The maximum absolute atomic E-state index is 5.42. The van der Waals surface area contributed by atoms with Crippen LogP contribution in [-0.4, -0.2) is 9.97 Å². The summed E-state index contributed by atoms with van der Waals surface area (Å²) in [5.74, 6) is 0.738. The minimum Gasteiger partial charge on any atom is -0.228 e. The van der Waals surface area contributed by atoms with Crippen LogP contribution < -0.4 is 0 Å². The van der Waals surface area contributed by atoms with Crippen LogP contribution in [0.1, 0.15) is 0 Å². The molecule has 0 aliphatic rings. The third-order valence-corrected chi connectivity index (χ3v) is 11.7. The first-order chi connectivity index (χ1) is 23.8. The minimum absolute atomic E-state index is 0.738. The zero-order valence-corrected chi connectivity index (χ0v) is 27.4. The normalized spacial score (nSPS) is 11.8. The van der Waals surface area contributed by atoms with Crippen LogP contribution in [-0.2, 0) is 0 Å². The smallest absolute Gasteiger partial charge is 0.161 e. The van der Waals surface area contributed by atoms with Crippen molar-refractivity contribution in [3.8, 4) is 45.0 Å². The Bertz CT molecular complexity index is 2850. The average Bonchev–Trinajstić information content (AvgIpc) is 3.73. The summed E-state index contributed by atoms with van der Waals surface area (Å²) in [6, 6.07) is 56.5. The van der Waals surface area contributed by atoms with E-state index in [9.17, 15) is 0 Å². The lowest BCUT2D eigenvalue weighted by molar-refractivity contribution is 1.19. The molecule has 10 rings (SSSR count). The quantitative estimate of drug-likeness (QED) is 0.190. The number of fused-ring (bicyclic) bond motifs is 7. The van der Waals surface area contributed by atoms with Crippen LogP contribution in [0, 0.1) is 0 Å². The van der Waals surface area contributed by atoms with Gasteiger partial charge in [-0.15, -0.1) is 22.7 Å². The Morgan fingerprint density at radius 2 is 0.896 bits per heavy atom. The third-order valence-electron chi connectivity index (χ3n) is 9.33. The van der Waals surface area contributed by atoms with Gasteiger partial charge in [-0.2, -0.15) is 0 Å². The first kappa shape index (κ1) is 27.4. The van der Waals surface area contributed by atoms with E-state index in [0.717, 1.165) is 39.5 Å². The largest absolute Gasteiger partial charge is 0.228 e. The number of rotatable bonds is 4. The van der Waals surface area contributed by atoms with Crippen molar-refractivity contribution in [1.82, 2.24) is 9.97 Å². The van der Waals surface area contributed by atoms with Crippen molar-refractivity contribution in [1.29, 1.82) is 0 Å². The van der Waals surface area contributed by atoms with Crippen molar-refractivity contribution in [3.05, 3.63) is 158 Å². The first-order valence-corrected chi connectivity index (χ1v) is 17.7. The molecule has 0 N–H and O–H groups in total. The highest BCUT2D eigenvalue weighted by atomic mass is 32.1. The maximum Gasteiger partial charge on any atom is 0.161 e. The van der Waals surface area contributed by atoms with Gasteiger partial charge in [0.25, 0.3) is 0 Å². The molecular weight excluding hydrogens is 621 g/mol. The van der Waals surface area contributed by atoms with Gasteiger partial charge in [0, 0.05) is 57.0 Å². The van der Waals surface area contributed by atoms with E-state index in [4.69, 9.17) is 9.97 Å². The molecule has 0 aliphatic heterocycles. The first-order valence-electron chi connectivity index (χ1n) is 16.1. The molecule has 3 heterocycles. The van der Waals surface area contributed by atoms with E-state index in [1.807, 2.05) is 22.7 Å². The predicted octanol–water partition coefficient (Wildman–Crippen LogP) is 13.0. The fourth-order valence-corrected chi connectivity index (χ4v) is 9.51. The van der Waals surface area contributed by atoms with E-state index in [1.54, 1.807) is 0 Å². The summed E-state index contributed by atoms with van der Waals surface area (Å²) in [7, 11) is 0. The highest BCUT2D eigenvalue weighted by Crippen LogP contribution is 2.44. The molecule has 3 aromatic heterocycles. The number of aromatic nitrogens is 2. The van der Waals surface area contributed by atoms with Crippen LogP contribution in [0.4, 0.5) is 0 Å². The van der Waals surface area contributed by atoms with E-state index < -0.39 is 0 Å². The van der Waals surface area contributed by atoms with Gasteiger partial charge in [-0.1, -0.05) is 133 Å². The fourth-order valence-electron chi connectivity index (χ4n) is 7.16. The summed E-state index contributed by atoms with van der Waals surface area (Å²) in [5.41, 5.74) is 7.46. The van der Waals surface area contributed by atoms with Crippen LogP contribution in [0.3, 0.4) is 0 Å². The number of hydrogen-bond acceptors (Lipinski definition) is 4. The lowest BCUT2D eigenvalue weighted by atomic mass is 9.92. The predicted molar refractivity (Wildman–Crippen MR) is 207 cm³/mol. The lowest BCUT2D eigenvalue weighted by Gasteiger charge is -2.15. The fraction of sp³-hybridized carbons (Fsp3) is 0. The number of thiophene rings is 2. The molecule has 7 aromatic carbocycles. The molecule has 0 radical (unpaired) electrons. The molecule has 0 fully saturated rings. The second kappa shape index (κ2) is 11.0. The molecule has 4 heteroatoms. The van der Waals surface area contributed by atoms with E-state index in [1.165, 1.54) is 56.7 Å². The van der Waals surface area contributed by atoms with E-state index in [2.05, 4.69) is 158 Å². The molecule has 0 amide bonds. The molecular formula is C44H26N2S2. The number of benzene rings is 7. The monoisotopic (exact) mass is 646 g/mol. The van der Waals surface area contributed by atoms with Gasteiger partial charge in [0.1, 0.15) is 0 Å². The van der Waals surface area contributed by atoms with Gasteiger partial charge in [0.05, 0.1) is 11.4 Å². The molecule has 0 unspecified atom stereocenters. The summed E-state index contributed by atoms with van der Waals surface area (Å²) in [5, 5.41) is 7.45. The minimum atomic E-state index is 0.738. The summed E-state index contributed by atoms with van der Waals surface area (Å²) in [6.45, 7) is 0. The van der Waals surface area contributed by atoms with Crippen molar-refractivity contribution >= 4 is 73.8 Å². The summed E-state index contributed by atoms with van der Waals surface area (Å²) < 4.78 is 5.04. The molecule has 0 bridgehead atoms. The van der Waals surface area contributed by atoms with Crippen LogP contribution >= 0.6 is 22.7 Å². The zero-order valence-electron chi connectivity index (χ0n) is 25.7. The van der Waals surface area contributed by atoms with Gasteiger partial charge in [0.2, 0.25) is 0 Å². The standard InChI is InChI=1S/C44H26N2S2/c1-2-14-28-27(12-1)13-9-19-29(28)30-15-3-4-16-31(30)37-26-38(34-21-10-20-33-32-17-5-7-23-39(32)48-43(33)34)46-44(45-37)36-22-11-25-41-42(36)35-18-6-8-24-40(35)47-41/h1-26H. The van der Waals surface area contributed by atoms with Crippen LogP contribution in [0.2, 0.25) is 0 Å². The second-order valence-corrected chi connectivity index (χ2v) is 14.2. The topological polar surface area (TPSA) is 25.8 Å². The SMILES string of the molecule is c1ccc(-c2cccc3ccccc23)c(-c2cc(-c3cccc4c3sc3ccccc34)nc(-c3cccc4sc5ccccc5c34)n2)c1. The Balaban J connectivity index is 1.28. The van der Waals surface area contributed by atoms with Crippen LogP contribution in [0.15, 0.2) is 158 Å². The summed E-state index contributed by atoms with van der Waals surface area (Å²) in [6.07, 6.45) is 0. The highest BCUT2D eigenvalue weighted by molar-refractivity contribution is 7.26. The maximum atomic E-state index is 5.42. The second-order valence-electron chi connectivity index (χ2n) is 12.1. The summed E-state index contributed by atoms with van der Waals surface area (Å²) in [4.78, 5) is 10.8. The average molecular weight is 647 g/mol. The molecule has 0 aliphatic carbocycles. The third kappa shape index (κ3) is 4.31. The molecule has 0 saturated heterocycles. The molecule has 0 spiro atoms. The van der Waals surface area contributed by atoms with Crippen molar-refractivity contribution < 1.29 is 0 Å². The molecule has 10 aromatic rings. The Labute approximate surface area is 285 Å². The van der Waals surface area contributed by atoms with Gasteiger partial charge in [-0.05, 0) is 46.2 Å². The zero-order chi connectivity index (χ0) is 31.6. The summed E-state index contributed by atoms with van der Waals surface area (Å²) >= 11 is 3.66. The Morgan fingerprint density at radius 3 is 1.77 bits per heavy atom. The number of hydrogen-bond donors (Lipinski definition) is 0. The molecule has 0 saturated carbocycles. The van der Waals surface area contributed by atoms with Crippen molar-refractivity contribution in [2.24, 2.45) is 0 Å². The van der Waals surface area contributed by atoms with Crippen LogP contribution in [0.5, 0.6) is 0 Å². The van der Waals surface area contributed by atoms with Gasteiger partial charge < -0.3 is 0 Å². The Morgan fingerprint density at radius 1 is 0.354 bits per heavy atom. The van der Waals surface area contributed by atoms with Gasteiger partial charge in [-0.3, -0.25) is 0 Å². The van der Waals surface area contributed by atoms with E-state index in [-0.39, 0.29) is 0 Å². The van der Waals surface area contributed by atoms with Gasteiger partial charge in [-0.25, -0.2) is 9.97 Å². The van der Waals surface area contributed by atoms with Crippen molar-refractivity contribution in [2.45, 2.75) is 0 Å². The Hall–Kier alpha value is -5.68. The Kier molecular flexibility index (Phi) is 6.26. The molecule has 224 valence electrons. The lowest BCUT2D eigenvalue weighted by Crippen LogP contribution is -1.97. The van der Waals surface area contributed by atoms with Gasteiger partial charge in [0.15, 0.2) is 5.82 Å².